The number of hydrogen-bond donors (Lipinski definition) is 1. The number of hydrogen-bond acceptors (Lipinski definition) is 4. The zero-order valence-corrected chi connectivity index (χ0v) is 15.3. The van der Waals surface area contributed by atoms with Crippen molar-refractivity contribution in [2.45, 2.75) is 45.4 Å². The van der Waals surface area contributed by atoms with Gasteiger partial charge in [0, 0.05) is 13.1 Å². The number of nitrogens with one attached hydrogen (secondary N) is 1. The summed E-state index contributed by atoms with van der Waals surface area (Å²) in [7, 11) is 0. The molecule has 1 saturated carbocycles. The Labute approximate surface area is 153 Å². The van der Waals surface area contributed by atoms with E-state index in [0.29, 0.717) is 24.1 Å². The second-order valence-corrected chi connectivity index (χ2v) is 7.01. The van der Waals surface area contributed by atoms with Gasteiger partial charge in [0.1, 0.15) is 5.41 Å². The van der Waals surface area contributed by atoms with Crippen molar-refractivity contribution in [1.82, 2.24) is 4.90 Å². The third kappa shape index (κ3) is 3.74. The Bertz CT molecular complexity index is 689. The van der Waals surface area contributed by atoms with Crippen molar-refractivity contribution < 1.29 is 19.1 Å². The minimum absolute atomic E-state index is 0.0643. The number of anilines is 1. The number of likely N-dealkylation sites (tertiary alicyclic amines) is 1. The van der Waals surface area contributed by atoms with Crippen LogP contribution >= 0.6 is 0 Å². The van der Waals surface area contributed by atoms with Crippen LogP contribution in [0, 0.1) is 5.41 Å². The fourth-order valence-electron chi connectivity index (χ4n) is 3.46. The highest BCUT2D eigenvalue weighted by molar-refractivity contribution is 6.14. The van der Waals surface area contributed by atoms with Crippen LogP contribution in [0.25, 0.3) is 0 Å². The van der Waals surface area contributed by atoms with Crippen LogP contribution in [0.3, 0.4) is 0 Å². The summed E-state index contributed by atoms with van der Waals surface area (Å²) in [5.74, 6) is -0.860. The Morgan fingerprint density at radius 3 is 2.35 bits per heavy atom. The molecule has 0 radical (unpaired) electrons. The van der Waals surface area contributed by atoms with E-state index in [0.717, 1.165) is 38.8 Å². The Hall–Kier alpha value is -2.37. The molecular weight excluding hydrogens is 332 g/mol. The first-order valence-electron chi connectivity index (χ1n) is 9.45. The van der Waals surface area contributed by atoms with Crippen molar-refractivity contribution in [3.63, 3.8) is 0 Å². The van der Waals surface area contributed by atoms with Crippen molar-refractivity contribution in [2.24, 2.45) is 5.41 Å². The monoisotopic (exact) mass is 358 g/mol. The van der Waals surface area contributed by atoms with Crippen LogP contribution in [0.2, 0.25) is 0 Å². The quantitative estimate of drug-likeness (QED) is 0.648. The number of esters is 1. The van der Waals surface area contributed by atoms with Gasteiger partial charge in [0.15, 0.2) is 0 Å². The van der Waals surface area contributed by atoms with E-state index >= 15 is 0 Å². The van der Waals surface area contributed by atoms with E-state index in [-0.39, 0.29) is 18.4 Å². The van der Waals surface area contributed by atoms with Gasteiger partial charge in [-0.25, -0.2) is 4.79 Å². The molecule has 6 heteroatoms. The molecule has 0 unspecified atom stereocenters. The Morgan fingerprint density at radius 2 is 1.73 bits per heavy atom. The van der Waals surface area contributed by atoms with Gasteiger partial charge in [0.25, 0.3) is 0 Å². The summed E-state index contributed by atoms with van der Waals surface area (Å²) in [5, 5.41) is 2.80. The van der Waals surface area contributed by atoms with E-state index in [2.05, 4.69) is 5.32 Å². The van der Waals surface area contributed by atoms with Crippen LogP contribution in [0.15, 0.2) is 24.3 Å². The lowest BCUT2D eigenvalue weighted by atomic mass is 10.0. The van der Waals surface area contributed by atoms with Crippen LogP contribution in [0.1, 0.15) is 55.8 Å². The fourth-order valence-corrected chi connectivity index (χ4v) is 3.46. The number of carbonyl (C=O) groups excluding carboxylic acids is 3. The topological polar surface area (TPSA) is 75.7 Å². The normalized spacial score (nSPS) is 18.6. The largest absolute Gasteiger partial charge is 0.462 e. The summed E-state index contributed by atoms with van der Waals surface area (Å²) >= 11 is 0. The first kappa shape index (κ1) is 18.4. The molecule has 140 valence electrons. The maximum atomic E-state index is 13.0. The molecule has 2 aliphatic rings. The van der Waals surface area contributed by atoms with Gasteiger partial charge in [-0.1, -0.05) is 25.0 Å². The summed E-state index contributed by atoms with van der Waals surface area (Å²) in [6, 6.07) is 6.74. The van der Waals surface area contributed by atoms with Crippen molar-refractivity contribution in [1.29, 1.82) is 0 Å². The Balaban J connectivity index is 1.74. The number of benzene rings is 1. The lowest BCUT2D eigenvalue weighted by molar-refractivity contribution is -0.142. The van der Waals surface area contributed by atoms with E-state index < -0.39 is 11.4 Å². The van der Waals surface area contributed by atoms with E-state index in [1.54, 1.807) is 31.2 Å². The molecule has 6 nitrogen and oxygen atoms in total. The molecule has 1 N–H and O–H groups in total. The molecule has 26 heavy (non-hydrogen) atoms. The van der Waals surface area contributed by atoms with Crippen LogP contribution in [-0.2, 0) is 14.3 Å². The predicted molar refractivity (Wildman–Crippen MR) is 97.7 cm³/mol. The second kappa shape index (κ2) is 7.89. The van der Waals surface area contributed by atoms with Gasteiger partial charge in [0.2, 0.25) is 11.8 Å². The van der Waals surface area contributed by atoms with Gasteiger partial charge in [-0.15, -0.1) is 0 Å². The van der Waals surface area contributed by atoms with Crippen LogP contribution in [0.4, 0.5) is 5.69 Å². The highest BCUT2D eigenvalue weighted by Gasteiger charge is 2.58. The highest BCUT2D eigenvalue weighted by atomic mass is 16.5. The highest BCUT2D eigenvalue weighted by Crippen LogP contribution is 2.48. The van der Waals surface area contributed by atoms with E-state index in [9.17, 15) is 14.4 Å². The van der Waals surface area contributed by atoms with Gasteiger partial charge in [0.05, 0.1) is 17.9 Å². The third-order valence-corrected chi connectivity index (χ3v) is 5.16. The summed E-state index contributed by atoms with van der Waals surface area (Å²) in [6.45, 7) is 3.46. The lowest BCUT2D eigenvalue weighted by Crippen LogP contribution is -2.43. The molecule has 1 aliphatic heterocycles. The third-order valence-electron chi connectivity index (χ3n) is 5.16. The molecule has 1 aromatic rings. The van der Waals surface area contributed by atoms with Gasteiger partial charge >= 0.3 is 5.97 Å². The smallest absolute Gasteiger partial charge is 0.340 e. The van der Waals surface area contributed by atoms with Gasteiger partial charge in [-0.3, -0.25) is 9.59 Å². The van der Waals surface area contributed by atoms with E-state index in [1.807, 2.05) is 4.90 Å². The van der Waals surface area contributed by atoms with Crippen LogP contribution < -0.4 is 5.32 Å². The minimum atomic E-state index is -0.966. The predicted octanol–water partition coefficient (Wildman–Crippen LogP) is 2.98. The minimum Gasteiger partial charge on any atom is -0.462 e. The van der Waals surface area contributed by atoms with Crippen molar-refractivity contribution in [3.05, 3.63) is 29.8 Å². The average molecular weight is 358 g/mol. The standard InChI is InChI=1S/C20H26N2O4/c1-2-26-17(23)15-9-5-6-10-16(15)21-18(24)20(11-12-20)19(25)22-13-7-3-4-8-14-22/h5-6,9-10H,2-4,7-8,11-14H2,1H3,(H,21,24). The molecule has 2 amide bonds. The SMILES string of the molecule is CCOC(=O)c1ccccc1NC(=O)C1(C(=O)N2CCCCCC2)CC1. The molecule has 0 spiro atoms. The number of para-hydroxylation sites is 1. The van der Waals surface area contributed by atoms with E-state index in [4.69, 9.17) is 4.74 Å². The molecule has 1 aromatic carbocycles. The van der Waals surface area contributed by atoms with Crippen molar-refractivity contribution in [3.8, 4) is 0 Å². The number of carbonyl (C=O) groups is 3. The second-order valence-electron chi connectivity index (χ2n) is 7.01. The summed E-state index contributed by atoms with van der Waals surface area (Å²) < 4.78 is 5.04. The molecular formula is C20H26N2O4. The zero-order valence-electron chi connectivity index (χ0n) is 15.3. The maximum Gasteiger partial charge on any atom is 0.340 e. The molecule has 0 atom stereocenters. The van der Waals surface area contributed by atoms with Crippen molar-refractivity contribution >= 4 is 23.5 Å². The van der Waals surface area contributed by atoms with Crippen LogP contribution in [0.5, 0.6) is 0 Å². The van der Waals surface area contributed by atoms with E-state index in [1.165, 1.54) is 0 Å². The van der Waals surface area contributed by atoms with Gasteiger partial charge in [-0.05, 0) is 44.7 Å². The van der Waals surface area contributed by atoms with Crippen molar-refractivity contribution in [2.75, 3.05) is 25.0 Å². The molecule has 1 saturated heterocycles. The number of nitrogens with zero attached hydrogens (tertiary/aromatic N) is 1. The van der Waals surface area contributed by atoms with Gasteiger partial charge < -0.3 is 15.0 Å². The number of rotatable bonds is 5. The maximum absolute atomic E-state index is 13.0. The van der Waals surface area contributed by atoms with Gasteiger partial charge in [-0.2, -0.15) is 0 Å². The first-order chi connectivity index (χ1) is 12.6. The number of amides is 2. The fraction of sp³-hybridized carbons (Fsp3) is 0.550. The lowest BCUT2D eigenvalue weighted by Gasteiger charge is -2.25. The molecule has 2 fully saturated rings. The molecule has 0 aromatic heterocycles. The molecule has 3 rings (SSSR count). The average Bonchev–Trinajstić information content (AvgIpc) is 3.47. The Morgan fingerprint density at radius 1 is 1.08 bits per heavy atom. The zero-order chi connectivity index (χ0) is 18.6. The Kier molecular flexibility index (Phi) is 5.59. The summed E-state index contributed by atoms with van der Waals surface area (Å²) in [5.41, 5.74) is -0.266. The number of ether oxygens (including phenoxy) is 1. The van der Waals surface area contributed by atoms with Crippen LogP contribution in [-0.4, -0.2) is 42.4 Å². The summed E-state index contributed by atoms with van der Waals surface area (Å²) in [6.07, 6.45) is 5.39. The first-order valence-corrected chi connectivity index (χ1v) is 9.45. The molecule has 1 heterocycles. The molecule has 0 bridgehead atoms. The molecule has 1 aliphatic carbocycles. The summed E-state index contributed by atoms with van der Waals surface area (Å²) in [4.78, 5) is 39.8.